The molecular weight excluding hydrogens is 296 g/mol. The first kappa shape index (κ1) is 15.2. The highest BCUT2D eigenvalue weighted by Gasteiger charge is 2.21. The van der Waals surface area contributed by atoms with Crippen LogP contribution in [-0.2, 0) is 9.78 Å². The molecule has 0 aliphatic rings. The highest BCUT2D eigenvalue weighted by atomic mass is 17.2. The largest absolute Gasteiger partial charge is 0.446 e. The number of hydrogen-bond donors (Lipinski definition) is 0. The van der Waals surface area contributed by atoms with E-state index in [1.807, 2.05) is 0 Å². The van der Waals surface area contributed by atoms with Crippen LogP contribution in [0.4, 0.5) is 0 Å². The van der Waals surface area contributed by atoms with Crippen molar-refractivity contribution in [3.05, 3.63) is 47.3 Å². The van der Waals surface area contributed by atoms with Crippen LogP contribution in [0, 0.1) is 0 Å². The first-order chi connectivity index (χ1) is 10.4. The zero-order valence-electron chi connectivity index (χ0n) is 11.6. The van der Waals surface area contributed by atoms with Gasteiger partial charge in [-0.3, -0.25) is 9.59 Å². The molecule has 114 valence electrons. The van der Waals surface area contributed by atoms with Gasteiger partial charge in [-0.25, -0.2) is 19.4 Å². The predicted octanol–water partition coefficient (Wildman–Crippen LogP) is 2.21. The Morgan fingerprint density at radius 2 is 1.00 bits per heavy atom. The average molecular weight is 306 g/mol. The number of ketones is 2. The third-order valence-electron chi connectivity index (χ3n) is 2.50. The minimum Gasteiger partial charge on any atom is -0.446 e. The number of carbonyl (C=O) groups excluding carboxylic acids is 4. The number of carbonyl (C=O) groups is 4. The van der Waals surface area contributed by atoms with Gasteiger partial charge in [0.05, 0.1) is 0 Å². The second kappa shape index (κ2) is 6.08. The van der Waals surface area contributed by atoms with Crippen molar-refractivity contribution in [2.75, 3.05) is 0 Å². The summed E-state index contributed by atoms with van der Waals surface area (Å²) in [5, 5.41) is 0. The molecule has 0 spiro atoms. The number of rotatable bonds is 4. The summed E-state index contributed by atoms with van der Waals surface area (Å²) in [6.45, 7) is 2.52. The van der Waals surface area contributed by atoms with Crippen LogP contribution >= 0.6 is 0 Å². The van der Waals surface area contributed by atoms with Gasteiger partial charge in [0, 0.05) is 13.8 Å². The quantitative estimate of drug-likeness (QED) is 0.480. The predicted molar refractivity (Wildman–Crippen MR) is 68.3 cm³/mol. The van der Waals surface area contributed by atoms with Crippen molar-refractivity contribution in [3.8, 4) is 0 Å². The molecule has 2 aromatic rings. The molecule has 0 unspecified atom stereocenters. The van der Waals surface area contributed by atoms with E-state index < -0.39 is 11.9 Å². The molecule has 0 aliphatic carbocycles. The third-order valence-corrected chi connectivity index (χ3v) is 2.50. The van der Waals surface area contributed by atoms with Crippen molar-refractivity contribution < 1.29 is 37.8 Å². The van der Waals surface area contributed by atoms with Gasteiger partial charge in [-0.1, -0.05) is 0 Å². The van der Waals surface area contributed by atoms with Crippen LogP contribution in [0.15, 0.2) is 33.1 Å². The van der Waals surface area contributed by atoms with Crippen LogP contribution in [0.1, 0.15) is 56.1 Å². The first-order valence-corrected chi connectivity index (χ1v) is 6.03. The maximum Gasteiger partial charge on any atom is 0.421 e. The number of Topliss-reactive ketones (excluding diaryl/α,β-unsaturated/α-hetero) is 2. The third kappa shape index (κ3) is 3.29. The van der Waals surface area contributed by atoms with E-state index in [0.29, 0.717) is 0 Å². The summed E-state index contributed by atoms with van der Waals surface area (Å²) in [7, 11) is 0. The van der Waals surface area contributed by atoms with Gasteiger partial charge in [0.25, 0.3) is 0 Å². The monoisotopic (exact) mass is 306 g/mol. The molecule has 0 fully saturated rings. The molecule has 0 saturated heterocycles. The zero-order chi connectivity index (χ0) is 16.3. The Bertz CT molecular complexity index is 684. The summed E-state index contributed by atoms with van der Waals surface area (Å²) in [5.41, 5.74) is 0. The zero-order valence-corrected chi connectivity index (χ0v) is 11.6. The van der Waals surface area contributed by atoms with E-state index in [4.69, 9.17) is 8.83 Å². The maximum absolute atomic E-state index is 11.5. The lowest BCUT2D eigenvalue weighted by Gasteiger charge is -1.99. The molecule has 8 heteroatoms. The van der Waals surface area contributed by atoms with E-state index in [1.54, 1.807) is 0 Å². The molecular formula is C14H10O8. The van der Waals surface area contributed by atoms with E-state index in [0.717, 1.165) is 0 Å². The van der Waals surface area contributed by atoms with Crippen LogP contribution in [0.3, 0.4) is 0 Å². The molecule has 0 bridgehead atoms. The van der Waals surface area contributed by atoms with Crippen molar-refractivity contribution in [2.24, 2.45) is 0 Å². The normalized spacial score (nSPS) is 10.1. The van der Waals surface area contributed by atoms with Gasteiger partial charge >= 0.3 is 11.9 Å². The summed E-state index contributed by atoms with van der Waals surface area (Å²) in [6, 6.07) is 4.97. The Labute approximate surface area is 123 Å². The second-order valence-corrected chi connectivity index (χ2v) is 4.18. The van der Waals surface area contributed by atoms with Crippen molar-refractivity contribution >= 4 is 23.5 Å². The Morgan fingerprint density at radius 3 is 1.27 bits per heavy atom. The summed E-state index contributed by atoms with van der Waals surface area (Å²) in [4.78, 5) is 53.7. The highest BCUT2D eigenvalue weighted by Crippen LogP contribution is 2.12. The lowest BCUT2D eigenvalue weighted by Crippen LogP contribution is -2.10. The average Bonchev–Trinajstić information content (AvgIpc) is 3.12. The smallest absolute Gasteiger partial charge is 0.421 e. The molecule has 0 radical (unpaired) electrons. The Morgan fingerprint density at radius 1 is 0.682 bits per heavy atom. The molecule has 2 aromatic heterocycles. The van der Waals surface area contributed by atoms with Crippen LogP contribution in [0.25, 0.3) is 0 Å². The summed E-state index contributed by atoms with van der Waals surface area (Å²) in [5.74, 6) is -3.61. The van der Waals surface area contributed by atoms with Gasteiger partial charge in [-0.15, -0.1) is 0 Å². The van der Waals surface area contributed by atoms with E-state index in [-0.39, 0.29) is 34.6 Å². The maximum atomic E-state index is 11.5. The topological polar surface area (TPSA) is 113 Å². The molecule has 0 N–H and O–H groups in total. The highest BCUT2D eigenvalue weighted by molar-refractivity contribution is 5.95. The molecule has 0 aromatic carbocycles. The van der Waals surface area contributed by atoms with E-state index >= 15 is 0 Å². The van der Waals surface area contributed by atoms with Gasteiger partial charge in [-0.05, 0) is 24.3 Å². The molecule has 2 heterocycles. The molecule has 2 rings (SSSR count). The Balaban J connectivity index is 1.96. The van der Waals surface area contributed by atoms with Crippen molar-refractivity contribution in [2.45, 2.75) is 13.8 Å². The van der Waals surface area contributed by atoms with Crippen LogP contribution in [-0.4, -0.2) is 23.5 Å². The number of furan rings is 2. The Kier molecular flexibility index (Phi) is 4.21. The van der Waals surface area contributed by atoms with Gasteiger partial charge < -0.3 is 8.83 Å². The summed E-state index contributed by atoms with van der Waals surface area (Å²) in [6.07, 6.45) is 0. The molecule has 0 amide bonds. The lowest BCUT2D eigenvalue weighted by atomic mass is 10.3. The van der Waals surface area contributed by atoms with E-state index in [1.165, 1.54) is 38.1 Å². The van der Waals surface area contributed by atoms with E-state index in [9.17, 15) is 19.2 Å². The molecule has 0 saturated carbocycles. The molecule has 8 nitrogen and oxygen atoms in total. The van der Waals surface area contributed by atoms with Crippen LogP contribution in [0.2, 0.25) is 0 Å². The first-order valence-electron chi connectivity index (χ1n) is 6.03. The summed E-state index contributed by atoms with van der Waals surface area (Å²) >= 11 is 0. The fourth-order valence-corrected chi connectivity index (χ4v) is 1.43. The van der Waals surface area contributed by atoms with Gasteiger partial charge in [0.15, 0.2) is 23.1 Å². The fourth-order valence-electron chi connectivity index (χ4n) is 1.43. The molecule has 22 heavy (non-hydrogen) atoms. The minimum absolute atomic E-state index is 0.0320. The minimum atomic E-state index is -1.10. The van der Waals surface area contributed by atoms with Gasteiger partial charge in [0.1, 0.15) is 0 Å². The second-order valence-electron chi connectivity index (χ2n) is 4.18. The Hall–Kier alpha value is -3.16. The van der Waals surface area contributed by atoms with Crippen LogP contribution in [0.5, 0.6) is 0 Å². The molecule has 0 atom stereocenters. The van der Waals surface area contributed by atoms with Gasteiger partial charge in [-0.2, -0.15) is 0 Å². The van der Waals surface area contributed by atoms with Crippen LogP contribution < -0.4 is 0 Å². The van der Waals surface area contributed by atoms with Crippen molar-refractivity contribution in [1.82, 2.24) is 0 Å². The SMILES string of the molecule is CC(=O)c1ccc(C(=O)OOC(=O)c2ccc(C(C)=O)o2)o1. The lowest BCUT2D eigenvalue weighted by molar-refractivity contribution is -0.190. The number of hydrogen-bond acceptors (Lipinski definition) is 8. The molecule has 0 aliphatic heterocycles. The summed E-state index contributed by atoms with van der Waals surface area (Å²) < 4.78 is 9.79. The van der Waals surface area contributed by atoms with Gasteiger partial charge in [0.2, 0.25) is 11.5 Å². The fraction of sp³-hybridized carbons (Fsp3) is 0.143. The standard InChI is InChI=1S/C14H10O8/c1-7(15)9-3-5-11(19-9)13(17)21-22-14(18)12-6-4-10(20-12)8(2)16/h3-6H,1-2H3. The van der Waals surface area contributed by atoms with Crippen molar-refractivity contribution in [1.29, 1.82) is 0 Å². The van der Waals surface area contributed by atoms with Crippen molar-refractivity contribution in [3.63, 3.8) is 0 Å². The van der Waals surface area contributed by atoms with E-state index in [2.05, 4.69) is 9.78 Å².